The number of anilines is 1. The molecule has 0 aliphatic rings. The molecule has 0 unspecified atom stereocenters. The van der Waals surface area contributed by atoms with Gasteiger partial charge in [-0.1, -0.05) is 23.2 Å². The number of primary amides is 1. The Labute approximate surface area is 143 Å². The normalized spacial score (nSPS) is 10.2. The maximum Gasteiger partial charge on any atom is 0.262 e. The Morgan fingerprint density at radius 2 is 1.78 bits per heavy atom. The summed E-state index contributed by atoms with van der Waals surface area (Å²) in [4.78, 5) is 23.3. The minimum atomic E-state index is -0.684. The van der Waals surface area contributed by atoms with Gasteiger partial charge in [-0.2, -0.15) is 0 Å². The predicted octanol–water partition coefficient (Wildman–Crippen LogP) is 3.42. The first-order valence-electron chi connectivity index (χ1n) is 6.65. The monoisotopic (exact) mass is 352 g/mol. The van der Waals surface area contributed by atoms with Crippen LogP contribution in [0.25, 0.3) is 0 Å². The molecule has 0 saturated heterocycles. The second kappa shape index (κ2) is 7.35. The fourth-order valence-corrected chi connectivity index (χ4v) is 2.32. The number of carbonyl (C=O) groups excluding carboxylic acids is 2. The molecule has 0 aliphatic carbocycles. The number of halogens is 2. The Bertz CT molecular complexity index is 763. The third kappa shape index (κ3) is 4.61. The maximum absolute atomic E-state index is 12.0. The number of hydrogen-bond acceptors (Lipinski definition) is 3. The smallest absolute Gasteiger partial charge is 0.262 e. The van der Waals surface area contributed by atoms with E-state index in [4.69, 9.17) is 33.7 Å². The van der Waals surface area contributed by atoms with Crippen molar-refractivity contribution in [2.24, 2.45) is 5.73 Å². The number of benzene rings is 2. The second-order valence-electron chi connectivity index (χ2n) is 4.80. The van der Waals surface area contributed by atoms with Gasteiger partial charge < -0.3 is 15.8 Å². The molecule has 0 fully saturated rings. The molecule has 5 nitrogen and oxygen atoms in total. The molecule has 0 radical (unpaired) electrons. The summed E-state index contributed by atoms with van der Waals surface area (Å²) >= 11 is 11.7. The van der Waals surface area contributed by atoms with Crippen LogP contribution in [0, 0.1) is 6.92 Å². The molecule has 7 heteroatoms. The molecule has 0 aromatic heterocycles. The summed E-state index contributed by atoms with van der Waals surface area (Å²) in [5.74, 6) is -0.859. The highest BCUT2D eigenvalue weighted by Gasteiger charge is 2.12. The van der Waals surface area contributed by atoms with Crippen LogP contribution in [0.4, 0.5) is 5.69 Å². The van der Waals surface area contributed by atoms with Gasteiger partial charge in [0.25, 0.3) is 11.8 Å². The van der Waals surface area contributed by atoms with E-state index in [1.54, 1.807) is 24.3 Å². The standard InChI is InChI=1S/C16H14Cl2N2O3/c1-9-6-10(17)2-4-13(9)20-15(21)8-23-14-5-3-11(18)7-12(14)16(19)22/h2-7H,8H2,1H3,(H2,19,22)(H,20,21). The molecule has 0 atom stereocenters. The SMILES string of the molecule is Cc1cc(Cl)ccc1NC(=O)COc1ccc(Cl)cc1C(N)=O. The van der Waals surface area contributed by atoms with Crippen molar-refractivity contribution in [3.63, 3.8) is 0 Å². The number of ether oxygens (including phenoxy) is 1. The van der Waals surface area contributed by atoms with E-state index in [1.807, 2.05) is 6.92 Å². The summed E-state index contributed by atoms with van der Waals surface area (Å²) in [6.07, 6.45) is 0. The second-order valence-corrected chi connectivity index (χ2v) is 5.67. The molecule has 3 N–H and O–H groups in total. The lowest BCUT2D eigenvalue weighted by Gasteiger charge is -2.11. The van der Waals surface area contributed by atoms with Gasteiger partial charge in [-0.05, 0) is 48.9 Å². The highest BCUT2D eigenvalue weighted by molar-refractivity contribution is 6.31. The average molecular weight is 353 g/mol. The molecule has 0 aliphatic heterocycles. The molecule has 2 rings (SSSR count). The quantitative estimate of drug-likeness (QED) is 0.864. The van der Waals surface area contributed by atoms with Crippen LogP contribution >= 0.6 is 23.2 Å². The van der Waals surface area contributed by atoms with Crippen LogP contribution < -0.4 is 15.8 Å². The number of nitrogens with one attached hydrogen (secondary N) is 1. The molecule has 2 aromatic rings. The van der Waals surface area contributed by atoms with Crippen LogP contribution in [0.5, 0.6) is 5.75 Å². The van der Waals surface area contributed by atoms with Crippen molar-refractivity contribution < 1.29 is 14.3 Å². The molecule has 0 saturated carbocycles. The highest BCUT2D eigenvalue weighted by Crippen LogP contribution is 2.23. The van der Waals surface area contributed by atoms with Gasteiger partial charge in [0.15, 0.2) is 6.61 Å². The summed E-state index contributed by atoms with van der Waals surface area (Å²) in [6, 6.07) is 9.54. The third-order valence-electron chi connectivity index (χ3n) is 3.03. The zero-order chi connectivity index (χ0) is 17.0. The van der Waals surface area contributed by atoms with Gasteiger partial charge in [-0.15, -0.1) is 0 Å². The summed E-state index contributed by atoms with van der Waals surface area (Å²) < 4.78 is 5.35. The fraction of sp³-hybridized carbons (Fsp3) is 0.125. The zero-order valence-corrected chi connectivity index (χ0v) is 13.7. The lowest BCUT2D eigenvalue weighted by atomic mass is 10.2. The van der Waals surface area contributed by atoms with Crippen molar-refractivity contribution in [3.8, 4) is 5.75 Å². The van der Waals surface area contributed by atoms with Crippen LogP contribution in [-0.2, 0) is 4.79 Å². The van der Waals surface area contributed by atoms with Gasteiger partial charge in [0.1, 0.15) is 5.75 Å². The van der Waals surface area contributed by atoms with Crippen LogP contribution in [0.15, 0.2) is 36.4 Å². The van der Waals surface area contributed by atoms with E-state index in [9.17, 15) is 9.59 Å². The van der Waals surface area contributed by atoms with E-state index in [0.717, 1.165) is 5.56 Å². The minimum Gasteiger partial charge on any atom is -0.483 e. The first-order chi connectivity index (χ1) is 10.9. The summed E-state index contributed by atoms with van der Waals surface area (Å²) in [5.41, 5.74) is 6.84. The van der Waals surface area contributed by atoms with Crippen LogP contribution in [-0.4, -0.2) is 18.4 Å². The van der Waals surface area contributed by atoms with Crippen LogP contribution in [0.3, 0.4) is 0 Å². The third-order valence-corrected chi connectivity index (χ3v) is 3.50. The van der Waals surface area contributed by atoms with E-state index >= 15 is 0 Å². The number of carbonyl (C=O) groups is 2. The summed E-state index contributed by atoms with van der Waals surface area (Å²) in [7, 11) is 0. The molecule has 2 amide bonds. The number of rotatable bonds is 5. The average Bonchev–Trinajstić information content (AvgIpc) is 2.48. The molecule has 0 bridgehead atoms. The van der Waals surface area contributed by atoms with Crippen molar-refractivity contribution >= 4 is 40.7 Å². The van der Waals surface area contributed by atoms with E-state index in [0.29, 0.717) is 15.7 Å². The van der Waals surface area contributed by atoms with Crippen LogP contribution in [0.1, 0.15) is 15.9 Å². The zero-order valence-electron chi connectivity index (χ0n) is 12.2. The Morgan fingerprint density at radius 1 is 1.13 bits per heavy atom. The van der Waals surface area contributed by atoms with Gasteiger partial charge in [-0.25, -0.2) is 0 Å². The number of amides is 2. The maximum atomic E-state index is 12.0. The van der Waals surface area contributed by atoms with Crippen molar-refractivity contribution in [2.75, 3.05) is 11.9 Å². The number of nitrogens with two attached hydrogens (primary N) is 1. The van der Waals surface area contributed by atoms with Crippen molar-refractivity contribution in [3.05, 3.63) is 57.6 Å². The molecule has 23 heavy (non-hydrogen) atoms. The summed E-state index contributed by atoms with van der Waals surface area (Å²) in [6.45, 7) is 1.55. The molecule has 2 aromatic carbocycles. The Hall–Kier alpha value is -2.24. The van der Waals surface area contributed by atoms with Crippen LogP contribution in [0.2, 0.25) is 10.0 Å². The first-order valence-corrected chi connectivity index (χ1v) is 7.40. The molecular formula is C16H14Cl2N2O3. The van der Waals surface area contributed by atoms with Gasteiger partial charge in [0.05, 0.1) is 5.56 Å². The van der Waals surface area contributed by atoms with Gasteiger partial charge in [0.2, 0.25) is 0 Å². The molecule has 0 heterocycles. The molecule has 0 spiro atoms. The number of aryl methyl sites for hydroxylation is 1. The van der Waals surface area contributed by atoms with Crippen molar-refractivity contribution in [1.29, 1.82) is 0 Å². The summed E-state index contributed by atoms with van der Waals surface area (Å²) in [5, 5.41) is 3.64. The lowest BCUT2D eigenvalue weighted by molar-refractivity contribution is -0.118. The predicted molar refractivity (Wildman–Crippen MR) is 90.3 cm³/mol. The van der Waals surface area contributed by atoms with E-state index in [-0.39, 0.29) is 23.8 Å². The Balaban J connectivity index is 2.03. The topological polar surface area (TPSA) is 81.4 Å². The van der Waals surface area contributed by atoms with Gasteiger partial charge in [0, 0.05) is 15.7 Å². The largest absolute Gasteiger partial charge is 0.483 e. The van der Waals surface area contributed by atoms with Gasteiger partial charge in [-0.3, -0.25) is 9.59 Å². The number of hydrogen-bond donors (Lipinski definition) is 2. The molecule has 120 valence electrons. The Morgan fingerprint density at radius 3 is 2.43 bits per heavy atom. The lowest BCUT2D eigenvalue weighted by Crippen LogP contribution is -2.22. The van der Waals surface area contributed by atoms with E-state index < -0.39 is 5.91 Å². The fourth-order valence-electron chi connectivity index (χ4n) is 1.92. The Kier molecular flexibility index (Phi) is 5.47. The highest BCUT2D eigenvalue weighted by atomic mass is 35.5. The molecular weight excluding hydrogens is 339 g/mol. The van der Waals surface area contributed by atoms with Crippen molar-refractivity contribution in [2.45, 2.75) is 6.92 Å². The van der Waals surface area contributed by atoms with Gasteiger partial charge >= 0.3 is 0 Å². The van der Waals surface area contributed by atoms with Crippen molar-refractivity contribution in [1.82, 2.24) is 0 Å². The van der Waals surface area contributed by atoms with E-state index in [2.05, 4.69) is 5.32 Å². The minimum absolute atomic E-state index is 0.118. The van der Waals surface area contributed by atoms with E-state index in [1.165, 1.54) is 12.1 Å². The first kappa shape index (κ1) is 17.1.